The molecule has 0 aliphatic carbocycles. The van der Waals surface area contributed by atoms with Crippen LogP contribution in [-0.2, 0) is 6.42 Å². The molecule has 1 heteroatoms. The summed E-state index contributed by atoms with van der Waals surface area (Å²) >= 11 is 0. The van der Waals surface area contributed by atoms with Gasteiger partial charge in [0.25, 0.3) is 0 Å². The predicted molar refractivity (Wildman–Crippen MR) is 107 cm³/mol. The first kappa shape index (κ1) is 15.6. The Morgan fingerprint density at radius 3 is 1.96 bits per heavy atom. The number of hydrogen-bond donors (Lipinski definition) is 0. The third-order valence-electron chi connectivity index (χ3n) is 4.60. The second-order valence-electron chi connectivity index (χ2n) is 6.31. The molecule has 0 unspecified atom stereocenters. The summed E-state index contributed by atoms with van der Waals surface area (Å²) in [6.45, 7) is 2.23. The highest BCUT2D eigenvalue weighted by Gasteiger charge is 2.16. The molecule has 4 rings (SSSR count). The third kappa shape index (κ3) is 2.94. The van der Waals surface area contributed by atoms with E-state index in [0.717, 1.165) is 24.1 Å². The van der Waals surface area contributed by atoms with E-state index in [-0.39, 0.29) is 0 Å². The van der Waals surface area contributed by atoms with Crippen molar-refractivity contribution in [1.29, 1.82) is 0 Å². The van der Waals surface area contributed by atoms with Crippen molar-refractivity contribution in [1.82, 2.24) is 4.98 Å². The number of hydrogen-bond acceptors (Lipinski definition) is 1. The van der Waals surface area contributed by atoms with Gasteiger partial charge in [-0.15, -0.1) is 0 Å². The average molecular weight is 323 g/mol. The molecule has 0 aliphatic heterocycles. The lowest BCUT2D eigenvalue weighted by atomic mass is 9.90. The van der Waals surface area contributed by atoms with Crippen molar-refractivity contribution in [3.63, 3.8) is 0 Å². The van der Waals surface area contributed by atoms with Crippen LogP contribution in [0.25, 0.3) is 33.3 Å². The van der Waals surface area contributed by atoms with Crippen molar-refractivity contribution in [2.75, 3.05) is 0 Å². The standard InChI is InChI=1S/C24H21N/c1-2-11-21-23(18-12-5-3-6-13-18)20-16-9-10-17-22(20)25-24(21)19-14-7-4-8-15-19/h3-10,12-17H,2,11H2,1H3. The van der Waals surface area contributed by atoms with Crippen molar-refractivity contribution >= 4 is 10.9 Å². The maximum atomic E-state index is 5.05. The number of benzene rings is 3. The van der Waals surface area contributed by atoms with Gasteiger partial charge in [0.1, 0.15) is 0 Å². The molecule has 0 N–H and O–H groups in total. The summed E-state index contributed by atoms with van der Waals surface area (Å²) in [5.74, 6) is 0. The molecule has 0 saturated heterocycles. The number of fused-ring (bicyclic) bond motifs is 1. The van der Waals surface area contributed by atoms with E-state index in [2.05, 4.69) is 91.9 Å². The Balaban J connectivity index is 2.11. The maximum Gasteiger partial charge on any atom is 0.0747 e. The van der Waals surface area contributed by atoms with Gasteiger partial charge in [0.05, 0.1) is 11.2 Å². The molecule has 3 aromatic carbocycles. The minimum absolute atomic E-state index is 1.02. The zero-order valence-corrected chi connectivity index (χ0v) is 14.4. The van der Waals surface area contributed by atoms with E-state index in [1.54, 1.807) is 0 Å². The van der Waals surface area contributed by atoms with E-state index in [1.807, 2.05) is 0 Å². The monoisotopic (exact) mass is 323 g/mol. The van der Waals surface area contributed by atoms with Gasteiger partial charge in [0.2, 0.25) is 0 Å². The van der Waals surface area contributed by atoms with Gasteiger partial charge < -0.3 is 0 Å². The summed E-state index contributed by atoms with van der Waals surface area (Å²) in [6.07, 6.45) is 2.12. The topological polar surface area (TPSA) is 12.9 Å². The van der Waals surface area contributed by atoms with Gasteiger partial charge in [0, 0.05) is 10.9 Å². The Hall–Kier alpha value is -2.93. The highest BCUT2D eigenvalue weighted by atomic mass is 14.7. The number of rotatable bonds is 4. The minimum Gasteiger partial charge on any atom is -0.247 e. The molecule has 0 spiro atoms. The molecular weight excluding hydrogens is 302 g/mol. The molecule has 0 aliphatic rings. The van der Waals surface area contributed by atoms with Gasteiger partial charge >= 0.3 is 0 Å². The fraction of sp³-hybridized carbons (Fsp3) is 0.125. The second-order valence-corrected chi connectivity index (χ2v) is 6.31. The van der Waals surface area contributed by atoms with E-state index < -0.39 is 0 Å². The summed E-state index contributed by atoms with van der Waals surface area (Å²) in [5, 5.41) is 1.23. The molecule has 1 nitrogen and oxygen atoms in total. The Morgan fingerprint density at radius 1 is 0.680 bits per heavy atom. The molecule has 122 valence electrons. The number of nitrogens with zero attached hydrogens (tertiary/aromatic N) is 1. The zero-order chi connectivity index (χ0) is 17.1. The van der Waals surface area contributed by atoms with E-state index in [0.29, 0.717) is 0 Å². The first-order valence-corrected chi connectivity index (χ1v) is 8.91. The normalized spacial score (nSPS) is 10.9. The number of pyridine rings is 1. The maximum absolute atomic E-state index is 5.05. The fourth-order valence-electron chi connectivity index (χ4n) is 3.51. The Kier molecular flexibility index (Phi) is 4.30. The van der Waals surface area contributed by atoms with Gasteiger partial charge in [-0.1, -0.05) is 92.2 Å². The van der Waals surface area contributed by atoms with Crippen LogP contribution in [0.1, 0.15) is 18.9 Å². The van der Waals surface area contributed by atoms with Crippen LogP contribution in [0.2, 0.25) is 0 Å². The van der Waals surface area contributed by atoms with Crippen molar-refractivity contribution in [3.05, 3.63) is 90.5 Å². The Labute approximate surface area is 149 Å². The lowest BCUT2D eigenvalue weighted by molar-refractivity contribution is 0.921. The van der Waals surface area contributed by atoms with Crippen LogP contribution in [0.15, 0.2) is 84.9 Å². The highest BCUT2D eigenvalue weighted by Crippen LogP contribution is 2.37. The zero-order valence-electron chi connectivity index (χ0n) is 14.4. The van der Waals surface area contributed by atoms with Gasteiger partial charge in [-0.05, 0) is 29.2 Å². The molecule has 4 aromatic rings. The van der Waals surface area contributed by atoms with Crippen molar-refractivity contribution in [2.45, 2.75) is 19.8 Å². The lowest BCUT2D eigenvalue weighted by Gasteiger charge is -2.17. The van der Waals surface area contributed by atoms with Gasteiger partial charge in [-0.3, -0.25) is 0 Å². The van der Waals surface area contributed by atoms with Crippen LogP contribution in [0.4, 0.5) is 0 Å². The highest BCUT2D eigenvalue weighted by molar-refractivity contribution is 5.99. The molecule has 0 fully saturated rings. The van der Waals surface area contributed by atoms with Gasteiger partial charge in [-0.2, -0.15) is 0 Å². The van der Waals surface area contributed by atoms with E-state index in [4.69, 9.17) is 4.98 Å². The second kappa shape index (κ2) is 6.90. The SMILES string of the molecule is CCCc1c(-c2ccccc2)nc2ccccc2c1-c1ccccc1. The van der Waals surface area contributed by atoms with Crippen molar-refractivity contribution < 1.29 is 0 Å². The first-order chi connectivity index (χ1) is 12.4. The van der Waals surface area contributed by atoms with Crippen LogP contribution < -0.4 is 0 Å². The van der Waals surface area contributed by atoms with Crippen LogP contribution in [0.5, 0.6) is 0 Å². The molecule has 25 heavy (non-hydrogen) atoms. The summed E-state index contributed by atoms with van der Waals surface area (Å²) in [7, 11) is 0. The largest absolute Gasteiger partial charge is 0.247 e. The van der Waals surface area contributed by atoms with Crippen LogP contribution in [0.3, 0.4) is 0 Å². The Morgan fingerprint density at radius 2 is 1.28 bits per heavy atom. The third-order valence-corrected chi connectivity index (χ3v) is 4.60. The number of para-hydroxylation sites is 1. The molecule has 0 radical (unpaired) electrons. The Bertz CT molecular complexity index is 988. The molecule has 0 atom stereocenters. The molecule has 0 bridgehead atoms. The molecular formula is C24H21N. The predicted octanol–water partition coefficient (Wildman–Crippen LogP) is 6.52. The summed E-state index contributed by atoms with van der Waals surface area (Å²) < 4.78 is 0. The van der Waals surface area contributed by atoms with Crippen LogP contribution >= 0.6 is 0 Å². The van der Waals surface area contributed by atoms with E-state index in [9.17, 15) is 0 Å². The molecule has 0 amide bonds. The fourth-order valence-corrected chi connectivity index (χ4v) is 3.51. The van der Waals surface area contributed by atoms with Crippen LogP contribution in [0, 0.1) is 0 Å². The van der Waals surface area contributed by atoms with Crippen molar-refractivity contribution in [3.8, 4) is 22.4 Å². The minimum atomic E-state index is 1.02. The summed E-state index contributed by atoms with van der Waals surface area (Å²) in [4.78, 5) is 5.05. The van der Waals surface area contributed by atoms with Gasteiger partial charge in [0.15, 0.2) is 0 Å². The lowest BCUT2D eigenvalue weighted by Crippen LogP contribution is -1.99. The smallest absolute Gasteiger partial charge is 0.0747 e. The molecule has 0 saturated carbocycles. The molecule has 1 heterocycles. The summed E-state index contributed by atoms with van der Waals surface area (Å²) in [6, 6.07) is 29.7. The molecule has 1 aromatic heterocycles. The summed E-state index contributed by atoms with van der Waals surface area (Å²) in [5.41, 5.74) is 7.29. The van der Waals surface area contributed by atoms with E-state index in [1.165, 1.54) is 27.6 Å². The average Bonchev–Trinajstić information content (AvgIpc) is 2.69. The first-order valence-electron chi connectivity index (χ1n) is 8.91. The van der Waals surface area contributed by atoms with Crippen molar-refractivity contribution in [2.24, 2.45) is 0 Å². The van der Waals surface area contributed by atoms with Gasteiger partial charge in [-0.25, -0.2) is 4.98 Å². The van der Waals surface area contributed by atoms with E-state index >= 15 is 0 Å². The number of aromatic nitrogens is 1. The van der Waals surface area contributed by atoms with Crippen LogP contribution in [-0.4, -0.2) is 4.98 Å². The quantitative estimate of drug-likeness (QED) is 0.416.